The minimum absolute atomic E-state index is 0.0856. The predicted molar refractivity (Wildman–Crippen MR) is 129 cm³/mol. The van der Waals surface area contributed by atoms with Gasteiger partial charge in [0.15, 0.2) is 0 Å². The van der Waals surface area contributed by atoms with E-state index in [2.05, 4.69) is 18.3 Å². The van der Waals surface area contributed by atoms with Crippen LogP contribution in [-0.4, -0.2) is 48.4 Å². The lowest BCUT2D eigenvalue weighted by atomic mass is 9.80. The van der Waals surface area contributed by atoms with Crippen LogP contribution in [0.25, 0.3) is 22.6 Å². The van der Waals surface area contributed by atoms with Crippen LogP contribution in [0.3, 0.4) is 0 Å². The fraction of sp³-hybridized carbons (Fsp3) is 0.296. The van der Waals surface area contributed by atoms with E-state index in [4.69, 9.17) is 9.72 Å². The molecule has 2 aliphatic rings. The van der Waals surface area contributed by atoms with E-state index in [-0.39, 0.29) is 18.4 Å². The molecule has 0 unspecified atom stereocenters. The monoisotopic (exact) mass is 441 g/mol. The van der Waals surface area contributed by atoms with Crippen molar-refractivity contribution < 1.29 is 14.3 Å². The molecule has 1 atom stereocenters. The lowest BCUT2D eigenvalue weighted by molar-refractivity contribution is -0.123. The Kier molecular flexibility index (Phi) is 5.58. The number of amides is 2. The van der Waals surface area contributed by atoms with Gasteiger partial charge in [0, 0.05) is 18.5 Å². The van der Waals surface area contributed by atoms with Crippen molar-refractivity contribution in [3.8, 4) is 5.75 Å². The van der Waals surface area contributed by atoms with Crippen molar-refractivity contribution in [1.29, 1.82) is 0 Å². The maximum absolute atomic E-state index is 13.8. The first-order valence-electron chi connectivity index (χ1n) is 11.4. The maximum atomic E-state index is 13.8. The summed E-state index contributed by atoms with van der Waals surface area (Å²) >= 11 is 0. The summed E-state index contributed by atoms with van der Waals surface area (Å²) in [6, 6.07) is 15.8. The number of ether oxygens (including phenoxy) is 1. The molecule has 0 saturated carbocycles. The van der Waals surface area contributed by atoms with Crippen molar-refractivity contribution in [1.82, 2.24) is 15.2 Å². The fourth-order valence-corrected chi connectivity index (χ4v) is 4.85. The average Bonchev–Trinajstić information content (AvgIpc) is 2.83. The number of pyridine rings is 1. The molecular weight excluding hydrogens is 414 g/mol. The molecule has 33 heavy (non-hydrogen) atoms. The summed E-state index contributed by atoms with van der Waals surface area (Å²) in [6.07, 6.45) is 3.84. The highest BCUT2D eigenvalue weighted by molar-refractivity contribution is 6.10. The van der Waals surface area contributed by atoms with Crippen LogP contribution in [-0.2, 0) is 11.2 Å². The number of benzene rings is 2. The number of hydrogen-bond acceptors (Lipinski definition) is 4. The maximum Gasteiger partial charge on any atom is 0.255 e. The number of nitrogens with zero attached hydrogens (tertiary/aromatic N) is 2. The molecule has 1 saturated heterocycles. The minimum Gasteiger partial charge on any atom is -0.497 e. The Balaban J connectivity index is 1.67. The first kappa shape index (κ1) is 21.2. The Morgan fingerprint density at radius 2 is 1.94 bits per heavy atom. The smallest absolute Gasteiger partial charge is 0.255 e. The standard InChI is InChI=1S/C27H27N3O3/c1-17-13-19(15-18-7-9-20(33-2)10-8-18)26-22(14-17)25(21-5-3-4-6-23(21)29-26)27(32)30-12-11-28-24(31)16-30/h3-10,15,17H,11-14,16H2,1-2H3,(H,28,31)/b19-15-/t17-/m0/s1. The van der Waals surface area contributed by atoms with E-state index in [1.807, 2.05) is 48.5 Å². The molecule has 3 aromatic rings. The fourth-order valence-electron chi connectivity index (χ4n) is 4.85. The summed E-state index contributed by atoms with van der Waals surface area (Å²) in [5, 5.41) is 3.66. The van der Waals surface area contributed by atoms with Gasteiger partial charge in [0.05, 0.1) is 30.4 Å². The molecule has 1 fully saturated rings. The molecule has 1 aromatic heterocycles. The quantitative estimate of drug-likeness (QED) is 0.668. The van der Waals surface area contributed by atoms with Crippen molar-refractivity contribution in [3.05, 3.63) is 70.9 Å². The summed E-state index contributed by atoms with van der Waals surface area (Å²) < 4.78 is 5.28. The lowest BCUT2D eigenvalue weighted by Gasteiger charge is -2.31. The molecule has 1 N–H and O–H groups in total. The number of aromatic nitrogens is 1. The van der Waals surface area contributed by atoms with Crippen LogP contribution in [0.5, 0.6) is 5.75 Å². The third-order valence-electron chi connectivity index (χ3n) is 6.41. The molecule has 0 radical (unpaired) electrons. The number of para-hydroxylation sites is 1. The van der Waals surface area contributed by atoms with Gasteiger partial charge in [-0.1, -0.05) is 37.3 Å². The molecule has 1 aliphatic heterocycles. The van der Waals surface area contributed by atoms with Crippen LogP contribution in [0.4, 0.5) is 0 Å². The Labute approximate surface area is 193 Å². The van der Waals surface area contributed by atoms with E-state index < -0.39 is 0 Å². The van der Waals surface area contributed by atoms with Gasteiger partial charge in [-0.05, 0) is 59.7 Å². The van der Waals surface area contributed by atoms with Crippen molar-refractivity contribution in [2.45, 2.75) is 19.8 Å². The third kappa shape index (κ3) is 4.09. The van der Waals surface area contributed by atoms with Crippen LogP contribution < -0.4 is 10.1 Å². The molecule has 2 heterocycles. The molecule has 5 rings (SSSR count). The van der Waals surface area contributed by atoms with Gasteiger partial charge in [0.25, 0.3) is 5.91 Å². The van der Waals surface area contributed by atoms with Gasteiger partial charge in [-0.2, -0.15) is 0 Å². The predicted octanol–water partition coefficient (Wildman–Crippen LogP) is 3.94. The third-order valence-corrected chi connectivity index (χ3v) is 6.41. The molecule has 6 heteroatoms. The van der Waals surface area contributed by atoms with Crippen molar-refractivity contribution in [3.63, 3.8) is 0 Å². The molecule has 2 amide bonds. The van der Waals surface area contributed by atoms with Crippen LogP contribution in [0, 0.1) is 5.92 Å². The number of methoxy groups -OCH3 is 1. The number of allylic oxidation sites excluding steroid dienone is 1. The largest absolute Gasteiger partial charge is 0.497 e. The number of carbonyl (C=O) groups is 2. The van der Waals surface area contributed by atoms with E-state index in [9.17, 15) is 9.59 Å². The number of carbonyl (C=O) groups excluding carboxylic acids is 2. The van der Waals surface area contributed by atoms with E-state index >= 15 is 0 Å². The van der Waals surface area contributed by atoms with Gasteiger partial charge in [0.2, 0.25) is 5.91 Å². The van der Waals surface area contributed by atoms with Gasteiger partial charge in [0.1, 0.15) is 5.75 Å². The second-order valence-corrected chi connectivity index (χ2v) is 8.86. The van der Waals surface area contributed by atoms with Crippen LogP contribution in [0.1, 0.15) is 40.5 Å². The van der Waals surface area contributed by atoms with E-state index in [0.29, 0.717) is 24.6 Å². The summed E-state index contributed by atoms with van der Waals surface area (Å²) in [6.45, 7) is 3.30. The highest BCUT2D eigenvalue weighted by atomic mass is 16.5. The number of piperazine rings is 1. The van der Waals surface area contributed by atoms with E-state index in [1.165, 1.54) is 0 Å². The van der Waals surface area contributed by atoms with Gasteiger partial charge in [-0.25, -0.2) is 4.98 Å². The van der Waals surface area contributed by atoms with Crippen molar-refractivity contribution in [2.24, 2.45) is 5.92 Å². The summed E-state index contributed by atoms with van der Waals surface area (Å²) in [7, 11) is 1.66. The zero-order valence-corrected chi connectivity index (χ0v) is 18.9. The summed E-state index contributed by atoms with van der Waals surface area (Å²) in [5.74, 6) is 0.992. The molecule has 2 aromatic carbocycles. The number of rotatable bonds is 3. The zero-order valence-electron chi connectivity index (χ0n) is 18.9. The van der Waals surface area contributed by atoms with Crippen molar-refractivity contribution >= 4 is 34.4 Å². The molecular formula is C27H27N3O3. The number of nitrogens with one attached hydrogen (secondary N) is 1. The van der Waals surface area contributed by atoms with Gasteiger partial charge in [-0.15, -0.1) is 0 Å². The SMILES string of the molecule is COc1ccc(/C=C2/C[C@H](C)Cc3c2nc2ccccc2c3C(=O)N2CCNC(=O)C2)cc1. The molecule has 0 bridgehead atoms. The van der Waals surface area contributed by atoms with Gasteiger partial charge >= 0.3 is 0 Å². The van der Waals surface area contributed by atoms with Crippen LogP contribution in [0.2, 0.25) is 0 Å². The normalized spacial score (nSPS) is 19.3. The Morgan fingerprint density at radius 3 is 2.70 bits per heavy atom. The highest BCUT2D eigenvalue weighted by Gasteiger charge is 2.31. The second kappa shape index (κ2) is 8.70. The molecule has 6 nitrogen and oxygen atoms in total. The van der Waals surface area contributed by atoms with Gasteiger partial charge < -0.3 is 15.0 Å². The van der Waals surface area contributed by atoms with E-state index in [0.717, 1.165) is 51.9 Å². The average molecular weight is 442 g/mol. The topological polar surface area (TPSA) is 71.5 Å². The first-order chi connectivity index (χ1) is 16.0. The zero-order chi connectivity index (χ0) is 22.9. The first-order valence-corrected chi connectivity index (χ1v) is 11.4. The summed E-state index contributed by atoms with van der Waals surface area (Å²) in [5.41, 5.74) is 5.58. The minimum atomic E-state index is -0.115. The molecule has 0 spiro atoms. The highest BCUT2D eigenvalue weighted by Crippen LogP contribution is 2.39. The number of hydrogen-bond donors (Lipinski definition) is 1. The number of fused-ring (bicyclic) bond motifs is 2. The Morgan fingerprint density at radius 1 is 1.15 bits per heavy atom. The molecule has 168 valence electrons. The Bertz CT molecular complexity index is 1260. The van der Waals surface area contributed by atoms with Crippen LogP contribution >= 0.6 is 0 Å². The second-order valence-electron chi connectivity index (χ2n) is 8.86. The van der Waals surface area contributed by atoms with E-state index in [1.54, 1.807) is 12.0 Å². The Hall–Kier alpha value is -3.67. The van der Waals surface area contributed by atoms with Gasteiger partial charge in [-0.3, -0.25) is 9.59 Å². The van der Waals surface area contributed by atoms with Crippen LogP contribution in [0.15, 0.2) is 48.5 Å². The molecule has 1 aliphatic carbocycles. The lowest BCUT2D eigenvalue weighted by Crippen LogP contribution is -2.50. The van der Waals surface area contributed by atoms with Crippen molar-refractivity contribution in [2.75, 3.05) is 26.7 Å². The summed E-state index contributed by atoms with van der Waals surface area (Å²) in [4.78, 5) is 32.4.